The van der Waals surface area contributed by atoms with E-state index in [9.17, 15) is 0 Å². The van der Waals surface area contributed by atoms with Gasteiger partial charge >= 0.3 is 0 Å². The van der Waals surface area contributed by atoms with Gasteiger partial charge in [-0.3, -0.25) is 9.97 Å². The SMILES string of the molecule is C=C/C(=C\C=C/C)c1cccc(-c2ccc3c(c2)c2cc(-c4cccc(-c5cccnc5)c4)ccc2n3-c2cccc(-c3cccc(-n4c5ccccc5c5cc(/C(C=C)=C/C(=C\C)c6ccccn6)ccc54)c3)c2)c1.C=CC=N.C=CC=N. The third-order valence-corrected chi connectivity index (χ3v) is 14.8. The van der Waals surface area contributed by atoms with Crippen molar-refractivity contribution in [2.45, 2.75) is 13.8 Å². The molecule has 0 aliphatic rings. The van der Waals surface area contributed by atoms with Gasteiger partial charge in [0.25, 0.3) is 0 Å². The summed E-state index contributed by atoms with van der Waals surface area (Å²) in [5.74, 6) is 0. The van der Waals surface area contributed by atoms with Gasteiger partial charge < -0.3 is 20.0 Å². The van der Waals surface area contributed by atoms with E-state index in [0.717, 1.165) is 124 Å². The van der Waals surface area contributed by atoms with E-state index >= 15 is 0 Å². The van der Waals surface area contributed by atoms with E-state index in [4.69, 9.17) is 10.8 Å². The molecule has 4 aromatic heterocycles. The highest BCUT2D eigenvalue weighted by Crippen LogP contribution is 2.40. The number of benzene rings is 8. The summed E-state index contributed by atoms with van der Waals surface area (Å²) in [7, 11) is 0. The first-order valence-corrected chi connectivity index (χ1v) is 27.9. The number of aromatic nitrogens is 4. The van der Waals surface area contributed by atoms with E-state index in [1.54, 1.807) is 0 Å². The van der Waals surface area contributed by atoms with Crippen molar-refractivity contribution >= 4 is 72.8 Å². The first-order chi connectivity index (χ1) is 41.3. The predicted octanol–water partition coefficient (Wildman–Crippen LogP) is 20.8. The monoisotopic (exact) mass is 1080 g/mol. The molecule has 0 saturated heterocycles. The molecule has 12 aromatic rings. The molecule has 0 fully saturated rings. The molecule has 406 valence electrons. The van der Waals surface area contributed by atoms with Gasteiger partial charge in [0, 0.05) is 69.5 Å². The Bertz CT molecular complexity index is 4540. The predicted molar refractivity (Wildman–Crippen MR) is 362 cm³/mol. The highest BCUT2D eigenvalue weighted by molar-refractivity contribution is 6.13. The minimum absolute atomic E-state index is 0.930. The molecule has 0 atom stereocenters. The second-order valence-electron chi connectivity index (χ2n) is 19.8. The normalized spacial score (nSPS) is 11.7. The molecule has 0 amide bonds. The summed E-state index contributed by atoms with van der Waals surface area (Å²) < 4.78 is 4.82. The van der Waals surface area contributed by atoms with Gasteiger partial charge in [-0.1, -0.05) is 184 Å². The van der Waals surface area contributed by atoms with E-state index in [0.29, 0.717) is 0 Å². The zero-order chi connectivity index (χ0) is 58.4. The Hall–Kier alpha value is -11.1. The van der Waals surface area contributed by atoms with Crippen LogP contribution in [0.3, 0.4) is 0 Å². The topological polar surface area (TPSA) is 83.3 Å². The lowest BCUT2D eigenvalue weighted by Gasteiger charge is -2.13. The number of allylic oxidation sites excluding steroid dienone is 12. The zero-order valence-corrected chi connectivity index (χ0v) is 47.3. The summed E-state index contributed by atoms with van der Waals surface area (Å²) >= 11 is 0. The van der Waals surface area contributed by atoms with Crippen molar-refractivity contribution in [3.8, 4) is 55.9 Å². The number of hydrogen-bond donors (Lipinski definition) is 2. The summed E-state index contributed by atoms with van der Waals surface area (Å²) in [6.07, 6.45) is 25.0. The smallest absolute Gasteiger partial charge is 0.0698 e. The fourth-order valence-corrected chi connectivity index (χ4v) is 10.8. The summed E-state index contributed by atoms with van der Waals surface area (Å²) in [6.45, 7) is 18.9. The van der Waals surface area contributed by atoms with Crippen LogP contribution in [0.15, 0.2) is 306 Å². The fraction of sp³-hybridized carbons (Fsp3) is 0.0256. The van der Waals surface area contributed by atoms with Gasteiger partial charge in [-0.2, -0.15) is 0 Å². The molecule has 4 heterocycles. The van der Waals surface area contributed by atoms with E-state index in [1.165, 1.54) is 33.7 Å². The second kappa shape index (κ2) is 26.5. The highest BCUT2D eigenvalue weighted by atomic mass is 15.0. The number of rotatable bonds is 15. The van der Waals surface area contributed by atoms with Gasteiger partial charge in [0.1, 0.15) is 0 Å². The lowest BCUT2D eigenvalue weighted by Crippen LogP contribution is -1.96. The van der Waals surface area contributed by atoms with Crippen molar-refractivity contribution in [3.63, 3.8) is 0 Å². The first kappa shape index (κ1) is 56.2. The van der Waals surface area contributed by atoms with Crippen LogP contribution < -0.4 is 0 Å². The minimum atomic E-state index is 0.930. The van der Waals surface area contributed by atoms with E-state index in [-0.39, 0.29) is 0 Å². The van der Waals surface area contributed by atoms with Gasteiger partial charge in [0.15, 0.2) is 0 Å². The van der Waals surface area contributed by atoms with Gasteiger partial charge in [0.05, 0.1) is 27.8 Å². The number of nitrogens with zero attached hydrogens (tertiary/aromatic N) is 4. The van der Waals surface area contributed by atoms with Crippen molar-refractivity contribution in [3.05, 3.63) is 323 Å². The third-order valence-electron chi connectivity index (χ3n) is 14.8. The quantitative estimate of drug-likeness (QED) is 0.0792. The molecule has 0 saturated carbocycles. The van der Waals surface area contributed by atoms with Crippen LogP contribution in [0, 0.1) is 10.8 Å². The maximum Gasteiger partial charge on any atom is 0.0698 e. The molecule has 6 nitrogen and oxygen atoms in total. The number of pyridine rings is 2. The van der Waals surface area contributed by atoms with Crippen molar-refractivity contribution in [2.24, 2.45) is 0 Å². The minimum Gasteiger partial charge on any atom is -0.309 e. The molecule has 8 aromatic carbocycles. The number of para-hydroxylation sites is 1. The van der Waals surface area contributed by atoms with Crippen LogP contribution in [0.2, 0.25) is 0 Å². The molecule has 0 aliphatic heterocycles. The van der Waals surface area contributed by atoms with Crippen molar-refractivity contribution in [1.29, 1.82) is 10.8 Å². The number of fused-ring (bicyclic) bond motifs is 6. The fourth-order valence-electron chi connectivity index (χ4n) is 10.8. The summed E-state index contributed by atoms with van der Waals surface area (Å²) in [4.78, 5) is 9.02. The third kappa shape index (κ3) is 11.9. The summed E-state index contributed by atoms with van der Waals surface area (Å²) in [6, 6.07) is 74.8. The van der Waals surface area contributed by atoms with Gasteiger partial charge in [0.2, 0.25) is 0 Å². The molecule has 0 bridgehead atoms. The van der Waals surface area contributed by atoms with Crippen molar-refractivity contribution in [1.82, 2.24) is 19.1 Å². The lowest BCUT2D eigenvalue weighted by molar-refractivity contribution is 1.17. The Kier molecular flexibility index (Phi) is 17.7. The number of hydrogen-bond acceptors (Lipinski definition) is 4. The summed E-state index contributed by atoms with van der Waals surface area (Å²) in [5.41, 5.74) is 22.2. The zero-order valence-electron chi connectivity index (χ0n) is 47.3. The molecule has 0 radical (unpaired) electrons. The Morgan fingerprint density at radius 3 is 1.48 bits per heavy atom. The van der Waals surface area contributed by atoms with Crippen LogP contribution in [0.4, 0.5) is 0 Å². The van der Waals surface area contributed by atoms with Crippen molar-refractivity contribution in [2.75, 3.05) is 0 Å². The molecule has 6 heteroatoms. The Balaban J connectivity index is 0.000000926. The Morgan fingerprint density at radius 2 is 0.917 bits per heavy atom. The average Bonchev–Trinajstić information content (AvgIpc) is 3.28. The molecular formula is C78H64N6. The van der Waals surface area contributed by atoms with Crippen LogP contribution >= 0.6 is 0 Å². The number of nitrogens with one attached hydrogen (secondary N) is 2. The molecule has 12 rings (SSSR count). The molecule has 0 aliphatic carbocycles. The van der Waals surface area contributed by atoms with Gasteiger partial charge in [-0.15, -0.1) is 0 Å². The molecule has 2 N–H and O–H groups in total. The van der Waals surface area contributed by atoms with Crippen LogP contribution in [0.1, 0.15) is 30.7 Å². The first-order valence-electron chi connectivity index (χ1n) is 27.9. The Morgan fingerprint density at radius 1 is 0.417 bits per heavy atom. The standard InChI is InChI=1S/C72H54N4.2C3H5N/c1-5-9-19-49(6-2)52-20-14-21-53(41-52)59-33-36-71-66(46-59)67-47-60(54-22-15-23-55(42-54)61-26-18-38-73-48-61)34-37-72(67)76(71)63-28-17-25-57(44-63)56-24-16-27-62(43-56)75-69-31-11-10-29-64(69)65-45-58(32-35-70(65)75)50(7-3)40-51(8-4)68-30-12-13-39-74-68;2*1-2-3-4/h5-48H,2-3H2,1,4H3;2*2-4H,1H2/b9-5-,49-19+,50-40+,51-8+;;. The van der Waals surface area contributed by atoms with Crippen LogP contribution in [-0.4, -0.2) is 31.5 Å². The van der Waals surface area contributed by atoms with E-state index in [1.807, 2.05) is 68.0 Å². The maximum atomic E-state index is 6.21. The molecule has 0 spiro atoms. The maximum absolute atomic E-state index is 6.21. The van der Waals surface area contributed by atoms with Crippen LogP contribution in [-0.2, 0) is 0 Å². The molecule has 84 heavy (non-hydrogen) atoms. The molecular weight excluding hydrogens is 1020 g/mol. The van der Waals surface area contributed by atoms with Gasteiger partial charge in [-0.25, -0.2) is 0 Å². The van der Waals surface area contributed by atoms with Crippen molar-refractivity contribution < 1.29 is 0 Å². The van der Waals surface area contributed by atoms with Crippen LogP contribution in [0.25, 0.3) is 116 Å². The van der Waals surface area contributed by atoms with Gasteiger partial charge in [-0.05, 0) is 184 Å². The summed E-state index contributed by atoms with van der Waals surface area (Å²) in [5, 5.41) is 17.2. The lowest BCUT2D eigenvalue weighted by atomic mass is 9.96. The largest absolute Gasteiger partial charge is 0.309 e. The highest BCUT2D eigenvalue weighted by Gasteiger charge is 2.18. The van der Waals surface area contributed by atoms with Crippen LogP contribution in [0.5, 0.6) is 0 Å². The average molecular weight is 1090 g/mol. The van der Waals surface area contributed by atoms with E-state index < -0.39 is 0 Å². The second-order valence-corrected chi connectivity index (χ2v) is 19.8. The Labute approximate surface area is 492 Å². The van der Waals surface area contributed by atoms with E-state index in [2.05, 4.69) is 259 Å². The molecule has 0 unspecified atom stereocenters.